The van der Waals surface area contributed by atoms with E-state index in [0.717, 1.165) is 0 Å². The van der Waals surface area contributed by atoms with Crippen LogP contribution < -0.4 is 5.73 Å². The van der Waals surface area contributed by atoms with Gasteiger partial charge < -0.3 is 10.8 Å². The van der Waals surface area contributed by atoms with Crippen molar-refractivity contribution in [3.8, 4) is 0 Å². The molecule has 1 aromatic carbocycles. The fraction of sp³-hybridized carbons (Fsp3) is 0.300. The molecular formula is C10H12N2O4. The predicted molar refractivity (Wildman–Crippen MR) is 57.3 cm³/mol. The van der Waals surface area contributed by atoms with Crippen LogP contribution in [0.15, 0.2) is 18.2 Å². The second kappa shape index (κ2) is 4.71. The summed E-state index contributed by atoms with van der Waals surface area (Å²) >= 11 is 0. The summed E-state index contributed by atoms with van der Waals surface area (Å²) < 4.78 is 0. The lowest BCUT2D eigenvalue weighted by Crippen LogP contribution is -2.21. The van der Waals surface area contributed by atoms with Crippen LogP contribution in [0.5, 0.6) is 0 Å². The summed E-state index contributed by atoms with van der Waals surface area (Å²) in [5.41, 5.74) is 6.08. The normalized spacial score (nSPS) is 12.1. The van der Waals surface area contributed by atoms with Gasteiger partial charge in [-0.25, -0.2) is 0 Å². The van der Waals surface area contributed by atoms with Gasteiger partial charge in [-0.05, 0) is 12.5 Å². The van der Waals surface area contributed by atoms with Gasteiger partial charge in [0.1, 0.15) is 0 Å². The zero-order chi connectivity index (χ0) is 12.3. The van der Waals surface area contributed by atoms with E-state index in [-0.39, 0.29) is 12.2 Å². The summed E-state index contributed by atoms with van der Waals surface area (Å²) in [4.78, 5) is 21.0. The van der Waals surface area contributed by atoms with Crippen molar-refractivity contribution >= 4 is 11.7 Å². The summed E-state index contributed by atoms with van der Waals surface area (Å²) in [6, 6.07) is 4.34. The van der Waals surface area contributed by atoms with E-state index in [4.69, 9.17) is 10.8 Å². The first-order chi connectivity index (χ1) is 7.47. The molecule has 3 N–H and O–H groups in total. The van der Waals surface area contributed by atoms with Crippen LogP contribution in [-0.4, -0.2) is 22.5 Å². The molecule has 1 rings (SSSR count). The summed E-state index contributed by atoms with van der Waals surface area (Å²) in [6.45, 7) is 1.51. The highest BCUT2D eigenvalue weighted by Crippen LogP contribution is 2.24. The van der Waals surface area contributed by atoms with Gasteiger partial charge in [0.05, 0.1) is 10.8 Å². The molecule has 0 aliphatic heterocycles. The molecule has 1 aromatic rings. The SMILES string of the molecule is Cc1ccc(C(CN)C(=O)O)cc1[N+](=O)[O-]. The van der Waals surface area contributed by atoms with E-state index in [1.54, 1.807) is 13.0 Å². The Morgan fingerprint density at radius 1 is 1.62 bits per heavy atom. The number of hydrogen-bond acceptors (Lipinski definition) is 4. The van der Waals surface area contributed by atoms with Gasteiger partial charge in [-0.2, -0.15) is 0 Å². The van der Waals surface area contributed by atoms with Gasteiger partial charge in [0.2, 0.25) is 0 Å². The van der Waals surface area contributed by atoms with Gasteiger partial charge in [0.15, 0.2) is 0 Å². The number of rotatable bonds is 4. The van der Waals surface area contributed by atoms with E-state index in [2.05, 4.69) is 0 Å². The van der Waals surface area contributed by atoms with Crippen LogP contribution >= 0.6 is 0 Å². The lowest BCUT2D eigenvalue weighted by atomic mass is 9.97. The van der Waals surface area contributed by atoms with Gasteiger partial charge in [-0.1, -0.05) is 12.1 Å². The highest BCUT2D eigenvalue weighted by Gasteiger charge is 2.21. The third-order valence-corrected chi connectivity index (χ3v) is 2.37. The number of nitro benzene ring substituents is 1. The third kappa shape index (κ3) is 2.34. The van der Waals surface area contributed by atoms with Crippen molar-refractivity contribution in [1.82, 2.24) is 0 Å². The van der Waals surface area contributed by atoms with Crippen molar-refractivity contribution in [3.63, 3.8) is 0 Å². The average molecular weight is 224 g/mol. The second-order valence-corrected chi connectivity index (χ2v) is 3.43. The van der Waals surface area contributed by atoms with Gasteiger partial charge >= 0.3 is 5.97 Å². The minimum absolute atomic E-state index is 0.0859. The maximum atomic E-state index is 10.8. The summed E-state index contributed by atoms with van der Waals surface area (Å²) in [7, 11) is 0. The number of aliphatic carboxylic acids is 1. The molecule has 0 radical (unpaired) electrons. The van der Waals surface area contributed by atoms with Gasteiger partial charge in [-0.15, -0.1) is 0 Å². The zero-order valence-corrected chi connectivity index (χ0v) is 8.71. The topological polar surface area (TPSA) is 106 Å². The number of carboxylic acids is 1. The Hall–Kier alpha value is -1.95. The molecule has 16 heavy (non-hydrogen) atoms. The van der Waals surface area contributed by atoms with Crippen LogP contribution in [0.3, 0.4) is 0 Å². The first-order valence-corrected chi connectivity index (χ1v) is 4.65. The van der Waals surface area contributed by atoms with Crippen molar-refractivity contribution in [2.24, 2.45) is 5.73 Å². The Labute approximate surface area is 91.8 Å². The standard InChI is InChI=1S/C10H12N2O4/c1-6-2-3-7(4-9(6)12(15)16)8(5-11)10(13)14/h2-4,8H,5,11H2,1H3,(H,13,14). The van der Waals surface area contributed by atoms with E-state index in [9.17, 15) is 14.9 Å². The Balaban J connectivity index is 3.21. The molecule has 1 unspecified atom stereocenters. The fourth-order valence-electron chi connectivity index (χ4n) is 1.42. The van der Waals surface area contributed by atoms with Crippen LogP contribution in [-0.2, 0) is 4.79 Å². The predicted octanol–water partition coefficient (Wildman–Crippen LogP) is 1.03. The fourth-order valence-corrected chi connectivity index (χ4v) is 1.42. The van der Waals surface area contributed by atoms with E-state index in [1.165, 1.54) is 12.1 Å². The van der Waals surface area contributed by atoms with Gasteiger partial charge in [-0.3, -0.25) is 14.9 Å². The Kier molecular flexibility index (Phi) is 3.57. The third-order valence-electron chi connectivity index (χ3n) is 2.37. The lowest BCUT2D eigenvalue weighted by molar-refractivity contribution is -0.385. The molecule has 0 amide bonds. The van der Waals surface area contributed by atoms with Crippen LogP contribution in [0.2, 0.25) is 0 Å². The Morgan fingerprint density at radius 3 is 2.69 bits per heavy atom. The molecule has 1 atom stereocenters. The number of aryl methyl sites for hydroxylation is 1. The number of carbonyl (C=O) groups is 1. The van der Waals surface area contributed by atoms with Crippen molar-refractivity contribution < 1.29 is 14.8 Å². The van der Waals surface area contributed by atoms with E-state index in [1.807, 2.05) is 0 Å². The number of carboxylic acid groups (broad SMARTS) is 1. The summed E-state index contributed by atoms with van der Waals surface area (Å²) in [5.74, 6) is -1.99. The highest BCUT2D eigenvalue weighted by atomic mass is 16.6. The molecule has 0 spiro atoms. The lowest BCUT2D eigenvalue weighted by Gasteiger charge is -2.10. The zero-order valence-electron chi connectivity index (χ0n) is 8.71. The molecule has 0 aromatic heterocycles. The van der Waals surface area contributed by atoms with Crippen LogP contribution in [0.4, 0.5) is 5.69 Å². The smallest absolute Gasteiger partial charge is 0.312 e. The van der Waals surface area contributed by atoms with E-state index < -0.39 is 16.8 Å². The van der Waals surface area contributed by atoms with Crippen molar-refractivity contribution in [3.05, 3.63) is 39.4 Å². The first kappa shape index (κ1) is 12.1. The molecule has 0 fully saturated rings. The first-order valence-electron chi connectivity index (χ1n) is 4.65. The molecule has 6 nitrogen and oxygen atoms in total. The van der Waals surface area contributed by atoms with E-state index in [0.29, 0.717) is 11.1 Å². The molecule has 0 bridgehead atoms. The number of benzene rings is 1. The number of nitrogens with two attached hydrogens (primary N) is 1. The minimum atomic E-state index is -1.08. The van der Waals surface area contributed by atoms with E-state index >= 15 is 0 Å². The molecule has 0 aliphatic carbocycles. The van der Waals surface area contributed by atoms with Crippen LogP contribution in [0.1, 0.15) is 17.0 Å². The molecule has 0 heterocycles. The maximum Gasteiger partial charge on any atom is 0.312 e. The highest BCUT2D eigenvalue weighted by molar-refractivity contribution is 5.76. The number of nitro groups is 1. The quantitative estimate of drug-likeness (QED) is 0.586. The number of hydrogen-bond donors (Lipinski definition) is 2. The van der Waals surface area contributed by atoms with Crippen molar-refractivity contribution in [1.29, 1.82) is 0 Å². The molecule has 6 heteroatoms. The molecule has 0 saturated carbocycles. The van der Waals surface area contributed by atoms with Gasteiger partial charge in [0.25, 0.3) is 5.69 Å². The molecule has 0 saturated heterocycles. The summed E-state index contributed by atoms with van der Waals surface area (Å²) in [6.07, 6.45) is 0. The second-order valence-electron chi connectivity index (χ2n) is 3.43. The maximum absolute atomic E-state index is 10.8. The largest absolute Gasteiger partial charge is 0.481 e. The van der Waals surface area contributed by atoms with Gasteiger partial charge in [0, 0.05) is 18.2 Å². The van der Waals surface area contributed by atoms with Crippen LogP contribution in [0.25, 0.3) is 0 Å². The average Bonchev–Trinajstić information content (AvgIpc) is 2.20. The van der Waals surface area contributed by atoms with Crippen molar-refractivity contribution in [2.45, 2.75) is 12.8 Å². The molecule has 0 aliphatic rings. The van der Waals surface area contributed by atoms with Crippen LogP contribution in [0, 0.1) is 17.0 Å². The number of nitrogens with zero attached hydrogens (tertiary/aromatic N) is 1. The molecular weight excluding hydrogens is 212 g/mol. The monoisotopic (exact) mass is 224 g/mol. The Morgan fingerprint density at radius 2 is 2.25 bits per heavy atom. The summed E-state index contributed by atoms with van der Waals surface area (Å²) in [5, 5.41) is 19.6. The minimum Gasteiger partial charge on any atom is -0.481 e. The Bertz CT molecular complexity index is 431. The molecule has 86 valence electrons. The van der Waals surface area contributed by atoms with Crippen molar-refractivity contribution in [2.75, 3.05) is 6.54 Å².